The van der Waals surface area contributed by atoms with Crippen LogP contribution in [0, 0.1) is 0 Å². The van der Waals surface area contributed by atoms with Crippen LogP contribution in [0.1, 0.15) is 10.4 Å². The van der Waals surface area contributed by atoms with Crippen LogP contribution in [0.5, 0.6) is 11.5 Å². The number of amides is 1. The van der Waals surface area contributed by atoms with E-state index in [0.29, 0.717) is 0 Å². The number of phenols is 1. The van der Waals surface area contributed by atoms with Crippen LogP contribution in [-0.4, -0.2) is 37.2 Å². The Hall–Kier alpha value is -1.75. The maximum absolute atomic E-state index is 11.6. The molecule has 0 radical (unpaired) electrons. The fourth-order valence-corrected chi connectivity index (χ4v) is 1.13. The number of nitrogens with zero attached hydrogens (tertiary/aromatic N) is 1. The van der Waals surface area contributed by atoms with E-state index in [-0.39, 0.29) is 23.0 Å². The van der Waals surface area contributed by atoms with Crippen molar-refractivity contribution in [2.24, 2.45) is 0 Å². The SMILES string of the molecule is COc1cccc(C(=O)NN(C)C)c1O. The van der Waals surface area contributed by atoms with Gasteiger partial charge in [0.25, 0.3) is 5.91 Å². The number of para-hydroxylation sites is 1. The van der Waals surface area contributed by atoms with Gasteiger partial charge in [0, 0.05) is 14.1 Å². The molecule has 1 aromatic carbocycles. The number of phenolic OH excluding ortho intramolecular Hbond substituents is 1. The van der Waals surface area contributed by atoms with E-state index in [1.807, 2.05) is 0 Å². The molecule has 1 rings (SSSR count). The molecule has 1 aromatic rings. The summed E-state index contributed by atoms with van der Waals surface area (Å²) in [4.78, 5) is 11.6. The smallest absolute Gasteiger partial charge is 0.269 e. The number of carbonyl (C=O) groups excluding carboxylic acids is 1. The first-order chi connectivity index (χ1) is 7.06. The lowest BCUT2D eigenvalue weighted by molar-refractivity contribution is 0.0853. The summed E-state index contributed by atoms with van der Waals surface area (Å²) in [5, 5.41) is 11.2. The molecule has 2 N–H and O–H groups in total. The number of nitrogens with one attached hydrogen (secondary N) is 1. The van der Waals surface area contributed by atoms with Crippen LogP contribution >= 0.6 is 0 Å². The summed E-state index contributed by atoms with van der Waals surface area (Å²) in [5.74, 6) is -0.253. The zero-order valence-corrected chi connectivity index (χ0v) is 8.94. The van der Waals surface area contributed by atoms with E-state index >= 15 is 0 Å². The highest BCUT2D eigenvalue weighted by molar-refractivity contribution is 5.97. The van der Waals surface area contributed by atoms with Crippen LogP contribution in [0.3, 0.4) is 0 Å². The maximum atomic E-state index is 11.6. The molecule has 0 saturated heterocycles. The first-order valence-electron chi connectivity index (χ1n) is 4.40. The lowest BCUT2D eigenvalue weighted by Gasteiger charge is -2.13. The number of aromatic hydroxyl groups is 1. The quantitative estimate of drug-likeness (QED) is 0.717. The highest BCUT2D eigenvalue weighted by atomic mass is 16.5. The number of rotatable bonds is 3. The van der Waals surface area contributed by atoms with E-state index < -0.39 is 0 Å². The third-order valence-corrected chi connectivity index (χ3v) is 1.79. The first-order valence-corrected chi connectivity index (χ1v) is 4.40. The van der Waals surface area contributed by atoms with Crippen LogP contribution in [-0.2, 0) is 0 Å². The molecule has 0 aliphatic rings. The molecule has 0 aliphatic heterocycles. The monoisotopic (exact) mass is 210 g/mol. The van der Waals surface area contributed by atoms with E-state index in [9.17, 15) is 9.90 Å². The van der Waals surface area contributed by atoms with Crippen LogP contribution in [0.15, 0.2) is 18.2 Å². The third-order valence-electron chi connectivity index (χ3n) is 1.79. The van der Waals surface area contributed by atoms with E-state index in [4.69, 9.17) is 4.74 Å². The number of carbonyl (C=O) groups is 1. The average molecular weight is 210 g/mol. The topological polar surface area (TPSA) is 61.8 Å². The molecule has 1 amide bonds. The molecule has 0 bridgehead atoms. The van der Waals surface area contributed by atoms with Gasteiger partial charge in [0.2, 0.25) is 0 Å². The average Bonchev–Trinajstić information content (AvgIpc) is 2.17. The molecule has 0 spiro atoms. The van der Waals surface area contributed by atoms with Gasteiger partial charge >= 0.3 is 0 Å². The molecule has 0 aliphatic carbocycles. The lowest BCUT2D eigenvalue weighted by atomic mass is 10.2. The molecular weight excluding hydrogens is 196 g/mol. The van der Waals surface area contributed by atoms with Gasteiger partial charge in [-0.2, -0.15) is 0 Å². The van der Waals surface area contributed by atoms with Crippen LogP contribution in [0.4, 0.5) is 0 Å². The van der Waals surface area contributed by atoms with Gasteiger partial charge in [0.15, 0.2) is 11.5 Å². The highest BCUT2D eigenvalue weighted by Gasteiger charge is 2.14. The van der Waals surface area contributed by atoms with Crippen LogP contribution in [0.25, 0.3) is 0 Å². The lowest BCUT2D eigenvalue weighted by Crippen LogP contribution is -2.36. The Morgan fingerprint density at radius 2 is 2.13 bits per heavy atom. The van der Waals surface area contributed by atoms with Crippen molar-refractivity contribution in [1.82, 2.24) is 10.4 Å². The highest BCUT2D eigenvalue weighted by Crippen LogP contribution is 2.28. The molecule has 0 aromatic heterocycles. The third kappa shape index (κ3) is 2.60. The van der Waals surface area contributed by atoms with Crippen molar-refractivity contribution in [2.75, 3.05) is 21.2 Å². The second-order valence-electron chi connectivity index (χ2n) is 3.19. The van der Waals surface area contributed by atoms with Crippen molar-refractivity contribution in [3.05, 3.63) is 23.8 Å². The second-order valence-corrected chi connectivity index (χ2v) is 3.19. The minimum atomic E-state index is -0.378. The minimum absolute atomic E-state index is 0.153. The molecule has 82 valence electrons. The van der Waals surface area contributed by atoms with Crippen LogP contribution in [0.2, 0.25) is 0 Å². The van der Waals surface area contributed by atoms with Gasteiger partial charge in [-0.3, -0.25) is 10.2 Å². The molecule has 5 nitrogen and oxygen atoms in total. The number of hydrogen-bond donors (Lipinski definition) is 2. The van der Waals surface area contributed by atoms with Crippen molar-refractivity contribution in [1.29, 1.82) is 0 Å². The zero-order chi connectivity index (χ0) is 11.4. The Morgan fingerprint density at radius 3 is 2.67 bits per heavy atom. The number of methoxy groups -OCH3 is 1. The summed E-state index contributed by atoms with van der Waals surface area (Å²) in [6.07, 6.45) is 0. The predicted octanol–water partition coefficient (Wildman–Crippen LogP) is 0.607. The molecule has 15 heavy (non-hydrogen) atoms. The second kappa shape index (κ2) is 4.65. The van der Waals surface area contributed by atoms with Crippen molar-refractivity contribution < 1.29 is 14.6 Å². The fraction of sp³-hybridized carbons (Fsp3) is 0.300. The van der Waals surface area contributed by atoms with Crippen molar-refractivity contribution in [3.63, 3.8) is 0 Å². The first kappa shape index (κ1) is 11.3. The molecule has 0 fully saturated rings. The van der Waals surface area contributed by atoms with E-state index in [2.05, 4.69) is 5.43 Å². The van der Waals surface area contributed by atoms with E-state index in [0.717, 1.165) is 0 Å². The van der Waals surface area contributed by atoms with Crippen LogP contribution < -0.4 is 10.2 Å². The van der Waals surface area contributed by atoms with E-state index in [1.54, 1.807) is 26.2 Å². The van der Waals surface area contributed by atoms with Gasteiger partial charge in [-0.05, 0) is 12.1 Å². The van der Waals surface area contributed by atoms with Gasteiger partial charge in [0.05, 0.1) is 12.7 Å². The van der Waals surface area contributed by atoms with Gasteiger partial charge in [0.1, 0.15) is 0 Å². The van der Waals surface area contributed by atoms with Gasteiger partial charge in [-0.25, -0.2) is 5.01 Å². The summed E-state index contributed by atoms with van der Waals surface area (Å²) in [7, 11) is 4.81. The molecule has 0 unspecified atom stereocenters. The Morgan fingerprint density at radius 1 is 1.47 bits per heavy atom. The van der Waals surface area contributed by atoms with Crippen molar-refractivity contribution in [3.8, 4) is 11.5 Å². The molecule has 5 heteroatoms. The minimum Gasteiger partial charge on any atom is -0.504 e. The fourth-order valence-electron chi connectivity index (χ4n) is 1.13. The Labute approximate surface area is 88.2 Å². The number of hydrazine groups is 1. The predicted molar refractivity (Wildman–Crippen MR) is 55.8 cm³/mol. The normalized spacial score (nSPS) is 10.1. The van der Waals surface area contributed by atoms with Gasteiger partial charge in [-0.15, -0.1) is 0 Å². The molecule has 0 saturated carbocycles. The van der Waals surface area contributed by atoms with Crippen molar-refractivity contribution >= 4 is 5.91 Å². The molecular formula is C10H14N2O3. The molecule has 0 heterocycles. The largest absolute Gasteiger partial charge is 0.504 e. The summed E-state index contributed by atoms with van der Waals surface area (Å²) < 4.78 is 4.90. The van der Waals surface area contributed by atoms with Gasteiger partial charge < -0.3 is 9.84 Å². The van der Waals surface area contributed by atoms with E-state index in [1.165, 1.54) is 18.2 Å². The summed E-state index contributed by atoms with van der Waals surface area (Å²) in [5.41, 5.74) is 2.71. The van der Waals surface area contributed by atoms with Gasteiger partial charge in [-0.1, -0.05) is 6.07 Å². The Balaban J connectivity index is 2.99. The molecule has 0 atom stereocenters. The number of hydrogen-bond acceptors (Lipinski definition) is 4. The standard InChI is InChI=1S/C10H14N2O3/c1-12(2)11-10(14)7-5-4-6-8(15-3)9(7)13/h4-6,13H,1-3H3,(H,11,14). The summed E-state index contributed by atoms with van der Waals surface area (Å²) in [6.45, 7) is 0. The maximum Gasteiger partial charge on any atom is 0.269 e. The zero-order valence-electron chi connectivity index (χ0n) is 8.94. The number of ether oxygens (including phenoxy) is 1. The Kier molecular flexibility index (Phi) is 3.51. The summed E-state index contributed by atoms with van der Waals surface area (Å²) in [6, 6.07) is 4.75. The number of benzene rings is 1. The summed E-state index contributed by atoms with van der Waals surface area (Å²) >= 11 is 0. The Bertz CT molecular complexity index is 364. The van der Waals surface area contributed by atoms with Crippen molar-refractivity contribution in [2.45, 2.75) is 0 Å².